The molecule has 1 unspecified atom stereocenters. The number of rotatable bonds is 5. The number of hydrogen-bond donors (Lipinski definition) is 1. The van der Waals surface area contributed by atoms with Crippen molar-refractivity contribution in [2.24, 2.45) is 0 Å². The van der Waals surface area contributed by atoms with Crippen LogP contribution in [0, 0.1) is 6.92 Å². The Labute approximate surface area is 199 Å². The largest absolute Gasteiger partial charge is 0.507 e. The molecule has 1 atom stereocenters. The molecule has 0 radical (unpaired) electrons. The number of thiophene rings is 1. The van der Waals surface area contributed by atoms with Crippen molar-refractivity contribution in [3.8, 4) is 5.75 Å². The van der Waals surface area contributed by atoms with Gasteiger partial charge in [0.25, 0.3) is 11.7 Å². The number of likely N-dealkylation sites (tertiary alicyclic amines) is 1. The smallest absolute Gasteiger partial charge is 0.295 e. The molecule has 0 bridgehead atoms. The van der Waals surface area contributed by atoms with E-state index in [1.807, 2.05) is 48.7 Å². The second kappa shape index (κ2) is 8.98. The van der Waals surface area contributed by atoms with Gasteiger partial charge in [-0.05, 0) is 41.6 Å². The van der Waals surface area contributed by atoms with E-state index in [0.29, 0.717) is 0 Å². The zero-order valence-electron chi connectivity index (χ0n) is 17.3. The van der Waals surface area contributed by atoms with Gasteiger partial charge < -0.3 is 14.7 Å². The summed E-state index contributed by atoms with van der Waals surface area (Å²) in [5.74, 6) is -1.67. The molecule has 0 aliphatic carbocycles. The fourth-order valence-corrected chi connectivity index (χ4v) is 5.19. The lowest BCUT2D eigenvalue weighted by atomic mass is 9.92. The maximum Gasteiger partial charge on any atom is 0.295 e. The third kappa shape index (κ3) is 3.90. The average molecular weight is 488 g/mol. The SMILES string of the molecule is COc1c(Cl)cc(Cl)cc1/C(O)=C1\C(=O)C(=O)N(Cc2cccs2)C1c1ccccc1C. The summed E-state index contributed by atoms with van der Waals surface area (Å²) >= 11 is 13.9. The number of nitrogens with zero attached hydrogens (tertiary/aromatic N) is 1. The lowest BCUT2D eigenvalue weighted by Gasteiger charge is -2.26. The highest BCUT2D eigenvalue weighted by Gasteiger charge is 2.47. The number of halogens is 2. The summed E-state index contributed by atoms with van der Waals surface area (Å²) in [7, 11) is 1.40. The van der Waals surface area contributed by atoms with E-state index in [1.54, 1.807) is 0 Å². The third-order valence-electron chi connectivity index (χ3n) is 5.40. The van der Waals surface area contributed by atoms with Crippen LogP contribution in [0.3, 0.4) is 0 Å². The van der Waals surface area contributed by atoms with E-state index < -0.39 is 17.7 Å². The second-order valence-corrected chi connectivity index (χ2v) is 9.21. The Morgan fingerprint density at radius 3 is 2.56 bits per heavy atom. The van der Waals surface area contributed by atoms with Gasteiger partial charge in [0.05, 0.1) is 35.9 Å². The molecule has 4 rings (SSSR count). The Morgan fingerprint density at radius 2 is 1.91 bits per heavy atom. The number of aliphatic hydroxyl groups is 1. The molecule has 2 heterocycles. The summed E-state index contributed by atoms with van der Waals surface area (Å²) in [6.45, 7) is 2.14. The fourth-order valence-electron chi connectivity index (χ4n) is 3.92. The number of Topliss-reactive ketones (excluding diaryl/α,β-unsaturated/α-hetero) is 1. The first kappa shape index (κ1) is 22.4. The van der Waals surface area contributed by atoms with Gasteiger partial charge >= 0.3 is 0 Å². The van der Waals surface area contributed by atoms with Crippen LogP contribution >= 0.6 is 34.5 Å². The van der Waals surface area contributed by atoms with Crippen LogP contribution in [0.1, 0.15) is 27.6 Å². The van der Waals surface area contributed by atoms with E-state index >= 15 is 0 Å². The van der Waals surface area contributed by atoms with Gasteiger partial charge in [0.1, 0.15) is 11.5 Å². The van der Waals surface area contributed by atoms with E-state index in [0.717, 1.165) is 16.0 Å². The van der Waals surface area contributed by atoms with E-state index in [9.17, 15) is 14.7 Å². The molecule has 0 spiro atoms. The van der Waals surface area contributed by atoms with Gasteiger partial charge in [-0.2, -0.15) is 0 Å². The number of ether oxygens (including phenoxy) is 1. The fraction of sp³-hybridized carbons (Fsp3) is 0.167. The van der Waals surface area contributed by atoms with Crippen LogP contribution in [0.15, 0.2) is 59.5 Å². The molecule has 1 N–H and O–H groups in total. The molecular formula is C24H19Cl2NO4S. The minimum atomic E-state index is -0.777. The minimum absolute atomic E-state index is 0.0301. The predicted octanol–water partition coefficient (Wildman–Crippen LogP) is 5.99. The van der Waals surface area contributed by atoms with Crippen LogP contribution in [0.5, 0.6) is 5.75 Å². The number of ketones is 1. The van der Waals surface area contributed by atoms with Crippen LogP contribution < -0.4 is 4.74 Å². The van der Waals surface area contributed by atoms with Crippen LogP contribution in [-0.2, 0) is 16.1 Å². The van der Waals surface area contributed by atoms with Crippen molar-refractivity contribution >= 4 is 52.0 Å². The lowest BCUT2D eigenvalue weighted by Crippen LogP contribution is -2.29. The summed E-state index contributed by atoms with van der Waals surface area (Å²) in [5, 5.41) is 13.7. The van der Waals surface area contributed by atoms with Gasteiger partial charge in [-0.1, -0.05) is 53.5 Å². The van der Waals surface area contributed by atoms with E-state index in [2.05, 4.69) is 0 Å². The summed E-state index contributed by atoms with van der Waals surface area (Å²) in [6, 6.07) is 13.4. The average Bonchev–Trinajstić information content (AvgIpc) is 3.36. The number of benzene rings is 2. The molecule has 8 heteroatoms. The summed E-state index contributed by atoms with van der Waals surface area (Å²) in [4.78, 5) is 28.7. The third-order valence-corrected chi connectivity index (χ3v) is 6.76. The zero-order chi connectivity index (χ0) is 23.0. The van der Waals surface area contributed by atoms with Gasteiger partial charge in [0, 0.05) is 9.90 Å². The Balaban J connectivity index is 1.96. The van der Waals surface area contributed by atoms with Crippen molar-refractivity contribution in [3.63, 3.8) is 0 Å². The Bertz CT molecular complexity index is 1240. The molecule has 1 aliphatic heterocycles. The van der Waals surface area contributed by atoms with E-state index in [4.69, 9.17) is 27.9 Å². The monoisotopic (exact) mass is 487 g/mol. The molecule has 1 aliphatic rings. The van der Waals surface area contributed by atoms with Crippen molar-refractivity contribution in [3.05, 3.63) is 91.1 Å². The lowest BCUT2D eigenvalue weighted by molar-refractivity contribution is -0.140. The maximum atomic E-state index is 13.2. The molecule has 3 aromatic rings. The maximum absolute atomic E-state index is 13.2. The van der Waals surface area contributed by atoms with Gasteiger partial charge in [0.2, 0.25) is 0 Å². The Morgan fingerprint density at radius 1 is 1.16 bits per heavy atom. The highest BCUT2D eigenvalue weighted by atomic mass is 35.5. The van der Waals surface area contributed by atoms with Crippen LogP contribution in [0.2, 0.25) is 10.0 Å². The van der Waals surface area contributed by atoms with Gasteiger partial charge in [-0.3, -0.25) is 9.59 Å². The normalized spacial score (nSPS) is 17.8. The molecule has 164 valence electrons. The first-order valence-electron chi connectivity index (χ1n) is 9.73. The molecule has 0 saturated carbocycles. The highest BCUT2D eigenvalue weighted by Crippen LogP contribution is 2.44. The topological polar surface area (TPSA) is 66.8 Å². The number of carbonyl (C=O) groups excluding carboxylic acids is 2. The van der Waals surface area contributed by atoms with Crippen molar-refractivity contribution in [1.29, 1.82) is 0 Å². The van der Waals surface area contributed by atoms with Crippen molar-refractivity contribution in [2.45, 2.75) is 19.5 Å². The Hall–Kier alpha value is -2.80. The second-order valence-electron chi connectivity index (χ2n) is 7.33. The molecule has 1 amide bonds. The van der Waals surface area contributed by atoms with Gasteiger partial charge in [-0.25, -0.2) is 0 Å². The van der Waals surface area contributed by atoms with Crippen molar-refractivity contribution in [1.82, 2.24) is 4.90 Å². The number of amides is 1. The molecule has 5 nitrogen and oxygen atoms in total. The highest BCUT2D eigenvalue weighted by molar-refractivity contribution is 7.09. The number of aliphatic hydroxyl groups excluding tert-OH is 1. The Kier molecular flexibility index (Phi) is 6.29. The van der Waals surface area contributed by atoms with Gasteiger partial charge in [0.15, 0.2) is 0 Å². The first-order valence-corrected chi connectivity index (χ1v) is 11.4. The molecule has 2 aromatic carbocycles. The predicted molar refractivity (Wildman–Crippen MR) is 126 cm³/mol. The summed E-state index contributed by atoms with van der Waals surface area (Å²) in [5.41, 5.74) is 1.75. The zero-order valence-corrected chi connectivity index (χ0v) is 19.6. The van der Waals surface area contributed by atoms with Crippen LogP contribution in [-0.4, -0.2) is 28.8 Å². The molecule has 1 saturated heterocycles. The molecule has 1 fully saturated rings. The summed E-state index contributed by atoms with van der Waals surface area (Å²) in [6.07, 6.45) is 0. The number of methoxy groups -OCH3 is 1. The quantitative estimate of drug-likeness (QED) is 0.272. The minimum Gasteiger partial charge on any atom is -0.507 e. The van der Waals surface area contributed by atoms with Crippen LogP contribution in [0.4, 0.5) is 0 Å². The number of aryl methyl sites for hydroxylation is 1. The van der Waals surface area contributed by atoms with E-state index in [1.165, 1.54) is 35.5 Å². The first-order chi connectivity index (χ1) is 15.3. The number of hydrogen-bond acceptors (Lipinski definition) is 5. The standard InChI is InChI=1S/C24H19Cl2NO4S/c1-13-6-3-4-8-16(13)20-19(21(28)17-10-14(25)11-18(26)23(17)31-2)22(29)24(30)27(20)12-15-7-5-9-32-15/h3-11,20,28H,12H2,1-2H3/b21-19+. The molecule has 32 heavy (non-hydrogen) atoms. The molecule has 1 aromatic heterocycles. The van der Waals surface area contributed by atoms with E-state index in [-0.39, 0.29) is 39.2 Å². The van der Waals surface area contributed by atoms with Gasteiger partial charge in [-0.15, -0.1) is 11.3 Å². The van der Waals surface area contributed by atoms with Crippen molar-refractivity contribution < 1.29 is 19.4 Å². The summed E-state index contributed by atoms with van der Waals surface area (Å²) < 4.78 is 5.36. The number of carbonyl (C=O) groups is 2. The van der Waals surface area contributed by atoms with Crippen LogP contribution in [0.25, 0.3) is 5.76 Å². The molecular weight excluding hydrogens is 469 g/mol. The van der Waals surface area contributed by atoms with Crippen molar-refractivity contribution in [2.75, 3.05) is 7.11 Å².